The van der Waals surface area contributed by atoms with E-state index in [0.29, 0.717) is 35.2 Å². The highest BCUT2D eigenvalue weighted by atomic mass is 35.5. The van der Waals surface area contributed by atoms with E-state index in [4.69, 9.17) is 25.3 Å². The molecule has 20 heavy (non-hydrogen) atoms. The summed E-state index contributed by atoms with van der Waals surface area (Å²) in [6.07, 6.45) is 1.01. The number of nitrogens with one attached hydrogen (secondary N) is 1. The molecule has 1 N–H and O–H groups in total. The summed E-state index contributed by atoms with van der Waals surface area (Å²) in [5.74, 6) is 2.04. The molecule has 0 spiro atoms. The van der Waals surface area contributed by atoms with Crippen molar-refractivity contribution >= 4 is 11.6 Å². The Morgan fingerprint density at radius 1 is 1.40 bits per heavy atom. The molecule has 0 amide bonds. The Balaban J connectivity index is 1.70. The molecule has 0 bridgehead atoms. The highest BCUT2D eigenvalue weighted by molar-refractivity contribution is 6.28. The van der Waals surface area contributed by atoms with E-state index in [9.17, 15) is 0 Å². The third kappa shape index (κ3) is 1.79. The second kappa shape index (κ2) is 4.58. The van der Waals surface area contributed by atoms with Gasteiger partial charge < -0.3 is 19.0 Å². The normalized spacial score (nSPS) is 29.6. The third-order valence-corrected chi connectivity index (χ3v) is 4.43. The number of hydrogen-bond acceptors (Lipinski definition) is 6. The molecule has 4 heterocycles. The van der Waals surface area contributed by atoms with Gasteiger partial charge in [-0.1, -0.05) is 5.16 Å². The number of rotatable bonds is 2. The molecule has 0 aromatic carbocycles. The Morgan fingerprint density at radius 3 is 3.20 bits per heavy atom. The molecule has 2 saturated heterocycles. The Morgan fingerprint density at radius 2 is 2.35 bits per heavy atom. The second-order valence-electron chi connectivity index (χ2n) is 5.35. The van der Waals surface area contributed by atoms with Crippen LogP contribution in [-0.4, -0.2) is 36.4 Å². The van der Waals surface area contributed by atoms with Gasteiger partial charge in [0.1, 0.15) is 0 Å². The molecule has 7 heteroatoms. The van der Waals surface area contributed by atoms with E-state index in [0.717, 1.165) is 26.1 Å². The maximum Gasteiger partial charge on any atom is 0.238 e. The number of furan rings is 1. The van der Waals surface area contributed by atoms with Crippen molar-refractivity contribution < 1.29 is 13.7 Å². The summed E-state index contributed by atoms with van der Waals surface area (Å²) >= 11 is 5.77. The average Bonchev–Trinajstić information content (AvgIpc) is 3.17. The number of fused-ring (bicyclic) bond motifs is 1. The van der Waals surface area contributed by atoms with Crippen LogP contribution in [0.15, 0.2) is 21.1 Å². The van der Waals surface area contributed by atoms with Crippen LogP contribution in [0.1, 0.15) is 12.3 Å². The summed E-state index contributed by atoms with van der Waals surface area (Å²) in [5, 5.41) is 7.72. The summed E-state index contributed by atoms with van der Waals surface area (Å²) in [4.78, 5) is 4.50. The Kier molecular flexibility index (Phi) is 2.83. The van der Waals surface area contributed by atoms with Gasteiger partial charge in [-0.2, -0.15) is 4.98 Å². The van der Waals surface area contributed by atoms with Crippen molar-refractivity contribution in [1.82, 2.24) is 15.5 Å². The second-order valence-corrected chi connectivity index (χ2v) is 5.72. The van der Waals surface area contributed by atoms with Crippen LogP contribution in [0.4, 0.5) is 0 Å². The summed E-state index contributed by atoms with van der Waals surface area (Å²) in [5.41, 5.74) is -0.208. The van der Waals surface area contributed by atoms with Gasteiger partial charge in [-0.3, -0.25) is 0 Å². The Labute approximate surface area is 120 Å². The standard InChI is InChI=1S/C13H14ClN3O3/c14-10-2-1-9(19-10)11-16-12(20-17-11)13-6-15-5-8(13)3-4-18-7-13/h1-2,8,15H,3-7H2/t8-,13+/m1/s1. The van der Waals surface area contributed by atoms with Gasteiger partial charge in [0.2, 0.25) is 11.7 Å². The number of halogens is 1. The van der Waals surface area contributed by atoms with Crippen LogP contribution in [0.2, 0.25) is 5.22 Å². The van der Waals surface area contributed by atoms with Crippen LogP contribution >= 0.6 is 11.6 Å². The predicted octanol–water partition coefficient (Wildman–Crippen LogP) is 1.86. The number of aromatic nitrogens is 2. The summed E-state index contributed by atoms with van der Waals surface area (Å²) in [7, 11) is 0. The van der Waals surface area contributed by atoms with Crippen molar-refractivity contribution in [2.24, 2.45) is 5.92 Å². The van der Waals surface area contributed by atoms with Crippen LogP contribution in [0.3, 0.4) is 0 Å². The SMILES string of the molecule is Clc1ccc(-c2noc([C@]34CNC[C@H]3CCOC4)n2)o1. The minimum Gasteiger partial charge on any atom is -0.441 e. The largest absolute Gasteiger partial charge is 0.441 e. The third-order valence-electron chi connectivity index (χ3n) is 4.23. The van der Waals surface area contributed by atoms with Crippen molar-refractivity contribution in [1.29, 1.82) is 0 Å². The molecular formula is C13H14ClN3O3. The smallest absolute Gasteiger partial charge is 0.238 e. The molecule has 4 rings (SSSR count). The van der Waals surface area contributed by atoms with E-state index in [1.807, 2.05) is 0 Å². The number of ether oxygens (including phenoxy) is 1. The lowest BCUT2D eigenvalue weighted by molar-refractivity contribution is 0.00198. The monoisotopic (exact) mass is 295 g/mol. The maximum absolute atomic E-state index is 5.77. The van der Waals surface area contributed by atoms with Crippen LogP contribution in [0.25, 0.3) is 11.6 Å². The molecule has 0 unspecified atom stereocenters. The van der Waals surface area contributed by atoms with Gasteiger partial charge in [-0.25, -0.2) is 0 Å². The van der Waals surface area contributed by atoms with Gasteiger partial charge in [0.05, 0.1) is 12.0 Å². The molecule has 0 saturated carbocycles. The zero-order valence-corrected chi connectivity index (χ0v) is 11.5. The van der Waals surface area contributed by atoms with Crippen molar-refractivity contribution in [3.05, 3.63) is 23.2 Å². The summed E-state index contributed by atoms with van der Waals surface area (Å²) in [6.45, 7) is 3.18. The van der Waals surface area contributed by atoms with E-state index >= 15 is 0 Å². The fraction of sp³-hybridized carbons (Fsp3) is 0.538. The highest BCUT2D eigenvalue weighted by Gasteiger charge is 2.50. The lowest BCUT2D eigenvalue weighted by Crippen LogP contribution is -2.44. The first-order valence-corrected chi connectivity index (χ1v) is 7.04. The molecule has 2 aromatic heterocycles. The van der Waals surface area contributed by atoms with Gasteiger partial charge >= 0.3 is 0 Å². The molecule has 2 aromatic rings. The summed E-state index contributed by atoms with van der Waals surface area (Å²) in [6, 6.07) is 3.39. The number of hydrogen-bond donors (Lipinski definition) is 1. The van der Waals surface area contributed by atoms with Gasteiger partial charge in [0.15, 0.2) is 11.0 Å². The summed E-state index contributed by atoms with van der Waals surface area (Å²) < 4.78 is 16.4. The minimum atomic E-state index is -0.208. The molecule has 0 radical (unpaired) electrons. The molecule has 2 atom stereocenters. The first-order chi connectivity index (χ1) is 9.78. The van der Waals surface area contributed by atoms with E-state index in [1.165, 1.54) is 0 Å². The van der Waals surface area contributed by atoms with Gasteiger partial charge in [0.25, 0.3) is 0 Å². The van der Waals surface area contributed by atoms with Crippen LogP contribution < -0.4 is 5.32 Å². The van der Waals surface area contributed by atoms with E-state index in [1.54, 1.807) is 12.1 Å². The van der Waals surface area contributed by atoms with Crippen molar-refractivity contribution in [3.63, 3.8) is 0 Å². The molecule has 2 aliphatic heterocycles. The fourth-order valence-corrected chi connectivity index (χ4v) is 3.25. The first-order valence-electron chi connectivity index (χ1n) is 6.66. The Bertz CT molecular complexity index is 626. The van der Waals surface area contributed by atoms with Crippen LogP contribution in [0.5, 0.6) is 0 Å². The topological polar surface area (TPSA) is 73.3 Å². The predicted molar refractivity (Wildman–Crippen MR) is 70.5 cm³/mol. The van der Waals surface area contributed by atoms with E-state index < -0.39 is 0 Å². The minimum absolute atomic E-state index is 0.208. The molecular weight excluding hydrogens is 282 g/mol. The van der Waals surface area contributed by atoms with E-state index in [2.05, 4.69) is 15.5 Å². The average molecular weight is 296 g/mol. The van der Waals surface area contributed by atoms with Crippen LogP contribution in [0, 0.1) is 5.92 Å². The first kappa shape index (κ1) is 12.4. The highest BCUT2D eigenvalue weighted by Crippen LogP contribution is 2.40. The van der Waals surface area contributed by atoms with Crippen molar-refractivity contribution in [3.8, 4) is 11.6 Å². The fourth-order valence-electron chi connectivity index (χ4n) is 3.11. The Hall–Kier alpha value is -1.37. The molecule has 106 valence electrons. The molecule has 2 aliphatic rings. The van der Waals surface area contributed by atoms with E-state index in [-0.39, 0.29) is 5.41 Å². The van der Waals surface area contributed by atoms with Gasteiger partial charge in [0, 0.05) is 13.2 Å². The molecule has 6 nitrogen and oxygen atoms in total. The van der Waals surface area contributed by atoms with Gasteiger partial charge in [-0.05, 0) is 42.6 Å². The van der Waals surface area contributed by atoms with Gasteiger partial charge in [-0.15, -0.1) is 0 Å². The molecule has 0 aliphatic carbocycles. The lowest BCUT2D eigenvalue weighted by Gasteiger charge is -2.34. The quantitative estimate of drug-likeness (QED) is 0.911. The zero-order valence-electron chi connectivity index (χ0n) is 10.8. The maximum atomic E-state index is 5.77. The van der Waals surface area contributed by atoms with Crippen LogP contribution in [-0.2, 0) is 10.2 Å². The lowest BCUT2D eigenvalue weighted by atomic mass is 9.75. The number of nitrogens with zero attached hydrogens (tertiary/aromatic N) is 2. The van der Waals surface area contributed by atoms with Crippen molar-refractivity contribution in [2.75, 3.05) is 26.3 Å². The molecule has 2 fully saturated rings. The zero-order chi connectivity index (χ0) is 13.6. The van der Waals surface area contributed by atoms with Crippen molar-refractivity contribution in [2.45, 2.75) is 11.8 Å².